The number of ether oxygens (including phenoxy) is 1. The minimum absolute atomic E-state index is 0.00628. The average molecular weight is 353 g/mol. The molecule has 1 aromatic carbocycles. The first-order chi connectivity index (χ1) is 12.3. The number of hydrogen-bond acceptors (Lipinski definition) is 5. The van der Waals surface area contributed by atoms with E-state index < -0.39 is 0 Å². The SMILES string of the molecule is c1ccc2c(c1)CC1(CCN(c3cnc(SCC4CC4)cn3)CC1)O2. The van der Waals surface area contributed by atoms with E-state index in [4.69, 9.17) is 4.74 Å². The molecule has 0 radical (unpaired) electrons. The molecule has 3 aliphatic rings. The Bertz CT molecular complexity index is 725. The van der Waals surface area contributed by atoms with Gasteiger partial charge in [0, 0.05) is 38.1 Å². The van der Waals surface area contributed by atoms with Crippen LogP contribution in [0.4, 0.5) is 5.82 Å². The van der Waals surface area contributed by atoms with Gasteiger partial charge in [-0.15, -0.1) is 11.8 Å². The molecule has 5 rings (SSSR count). The van der Waals surface area contributed by atoms with Crippen molar-refractivity contribution >= 4 is 17.6 Å². The largest absolute Gasteiger partial charge is 0.487 e. The van der Waals surface area contributed by atoms with Crippen molar-refractivity contribution in [2.24, 2.45) is 5.92 Å². The molecular formula is C20H23N3OS. The Hall–Kier alpha value is -1.75. The summed E-state index contributed by atoms with van der Waals surface area (Å²) in [4.78, 5) is 11.6. The number of thioether (sulfide) groups is 1. The molecular weight excluding hydrogens is 330 g/mol. The first-order valence-electron chi connectivity index (χ1n) is 9.26. The normalized spacial score (nSPS) is 21.2. The van der Waals surface area contributed by atoms with Crippen molar-refractivity contribution < 1.29 is 4.74 Å². The van der Waals surface area contributed by atoms with Gasteiger partial charge in [-0.1, -0.05) is 18.2 Å². The molecule has 4 nitrogen and oxygen atoms in total. The van der Waals surface area contributed by atoms with E-state index in [9.17, 15) is 0 Å². The summed E-state index contributed by atoms with van der Waals surface area (Å²) < 4.78 is 6.33. The van der Waals surface area contributed by atoms with Crippen LogP contribution in [0.2, 0.25) is 0 Å². The van der Waals surface area contributed by atoms with E-state index in [2.05, 4.69) is 39.1 Å². The molecule has 1 saturated heterocycles. The van der Waals surface area contributed by atoms with Crippen LogP contribution < -0.4 is 9.64 Å². The van der Waals surface area contributed by atoms with Gasteiger partial charge in [-0.3, -0.25) is 0 Å². The van der Waals surface area contributed by atoms with Crippen LogP contribution in [0.1, 0.15) is 31.2 Å². The molecule has 0 amide bonds. The Balaban J connectivity index is 1.20. The zero-order valence-corrected chi connectivity index (χ0v) is 15.2. The first-order valence-corrected chi connectivity index (χ1v) is 10.2. The molecule has 5 heteroatoms. The highest BCUT2D eigenvalue weighted by atomic mass is 32.2. The molecule has 1 aliphatic carbocycles. The Morgan fingerprint density at radius 2 is 1.96 bits per heavy atom. The Labute approximate surface area is 153 Å². The van der Waals surface area contributed by atoms with Crippen molar-refractivity contribution in [2.75, 3.05) is 23.7 Å². The van der Waals surface area contributed by atoms with Gasteiger partial charge in [-0.05, 0) is 30.4 Å². The second kappa shape index (κ2) is 6.20. The van der Waals surface area contributed by atoms with Crippen LogP contribution >= 0.6 is 11.8 Å². The van der Waals surface area contributed by atoms with E-state index in [0.717, 1.165) is 54.9 Å². The monoisotopic (exact) mass is 353 g/mol. The van der Waals surface area contributed by atoms with Crippen molar-refractivity contribution in [3.05, 3.63) is 42.2 Å². The van der Waals surface area contributed by atoms with Crippen molar-refractivity contribution in [1.29, 1.82) is 0 Å². The summed E-state index contributed by atoms with van der Waals surface area (Å²) >= 11 is 1.84. The number of hydrogen-bond donors (Lipinski definition) is 0. The van der Waals surface area contributed by atoms with Crippen LogP contribution in [-0.2, 0) is 6.42 Å². The fraction of sp³-hybridized carbons (Fsp3) is 0.500. The van der Waals surface area contributed by atoms with Gasteiger partial charge in [0.2, 0.25) is 0 Å². The number of para-hydroxylation sites is 1. The van der Waals surface area contributed by atoms with Crippen molar-refractivity contribution in [1.82, 2.24) is 9.97 Å². The van der Waals surface area contributed by atoms with E-state index in [0.29, 0.717) is 0 Å². The van der Waals surface area contributed by atoms with Crippen LogP contribution in [0.15, 0.2) is 41.7 Å². The average Bonchev–Trinajstić information content (AvgIpc) is 3.41. The first kappa shape index (κ1) is 15.5. The summed E-state index contributed by atoms with van der Waals surface area (Å²) in [7, 11) is 0. The van der Waals surface area contributed by atoms with Gasteiger partial charge in [0.15, 0.2) is 0 Å². The summed E-state index contributed by atoms with van der Waals surface area (Å²) in [6.07, 6.45) is 9.79. The highest BCUT2D eigenvalue weighted by Gasteiger charge is 2.42. The third-order valence-electron chi connectivity index (χ3n) is 5.59. The van der Waals surface area contributed by atoms with Crippen LogP contribution in [-0.4, -0.2) is 34.4 Å². The van der Waals surface area contributed by atoms with E-state index in [1.807, 2.05) is 24.2 Å². The number of fused-ring (bicyclic) bond motifs is 1. The molecule has 1 aromatic heterocycles. The van der Waals surface area contributed by atoms with Gasteiger partial charge in [0.25, 0.3) is 0 Å². The van der Waals surface area contributed by atoms with Crippen LogP contribution in [0.3, 0.4) is 0 Å². The number of benzene rings is 1. The Kier molecular flexibility index (Phi) is 3.85. The molecule has 2 fully saturated rings. The van der Waals surface area contributed by atoms with Gasteiger partial charge >= 0.3 is 0 Å². The lowest BCUT2D eigenvalue weighted by Crippen LogP contribution is -2.47. The fourth-order valence-electron chi connectivity index (χ4n) is 3.82. The highest BCUT2D eigenvalue weighted by Crippen LogP contribution is 2.41. The smallest absolute Gasteiger partial charge is 0.147 e. The molecule has 0 N–H and O–H groups in total. The quantitative estimate of drug-likeness (QED) is 0.778. The summed E-state index contributed by atoms with van der Waals surface area (Å²) in [6, 6.07) is 8.46. The summed E-state index contributed by atoms with van der Waals surface area (Å²) in [6.45, 7) is 1.97. The second-order valence-electron chi connectivity index (χ2n) is 7.52. The maximum Gasteiger partial charge on any atom is 0.147 e. The van der Waals surface area contributed by atoms with Gasteiger partial charge in [0.1, 0.15) is 22.2 Å². The zero-order valence-electron chi connectivity index (χ0n) is 14.4. The molecule has 2 aliphatic heterocycles. The van der Waals surface area contributed by atoms with Gasteiger partial charge in [-0.25, -0.2) is 9.97 Å². The third kappa shape index (κ3) is 3.22. The van der Waals surface area contributed by atoms with Crippen LogP contribution in [0.5, 0.6) is 5.75 Å². The molecule has 130 valence electrons. The lowest BCUT2D eigenvalue weighted by atomic mass is 9.87. The number of rotatable bonds is 4. The summed E-state index contributed by atoms with van der Waals surface area (Å²) in [5.74, 6) is 4.19. The zero-order chi connectivity index (χ0) is 16.7. The third-order valence-corrected chi connectivity index (χ3v) is 6.73. The minimum Gasteiger partial charge on any atom is -0.487 e. The molecule has 0 atom stereocenters. The predicted octanol–water partition coefficient (Wildman–Crippen LogP) is 3.95. The van der Waals surface area contributed by atoms with Gasteiger partial charge in [-0.2, -0.15) is 0 Å². The lowest BCUT2D eigenvalue weighted by Gasteiger charge is -2.39. The lowest BCUT2D eigenvalue weighted by molar-refractivity contribution is 0.0666. The van der Waals surface area contributed by atoms with Crippen molar-refractivity contribution in [3.8, 4) is 5.75 Å². The topological polar surface area (TPSA) is 38.2 Å². The molecule has 3 heterocycles. The number of piperidine rings is 1. The number of nitrogens with zero attached hydrogens (tertiary/aromatic N) is 3. The molecule has 25 heavy (non-hydrogen) atoms. The van der Waals surface area contributed by atoms with E-state index >= 15 is 0 Å². The number of anilines is 1. The molecule has 0 bridgehead atoms. The highest BCUT2D eigenvalue weighted by molar-refractivity contribution is 7.99. The maximum atomic E-state index is 6.33. The fourth-order valence-corrected chi connectivity index (χ4v) is 4.82. The van der Waals surface area contributed by atoms with Crippen LogP contribution in [0.25, 0.3) is 0 Å². The molecule has 2 aromatic rings. The van der Waals surface area contributed by atoms with E-state index in [1.165, 1.54) is 24.2 Å². The summed E-state index contributed by atoms with van der Waals surface area (Å²) in [5, 5.41) is 1.05. The Morgan fingerprint density at radius 1 is 1.12 bits per heavy atom. The van der Waals surface area contributed by atoms with E-state index in [1.54, 1.807) is 0 Å². The van der Waals surface area contributed by atoms with E-state index in [-0.39, 0.29) is 5.60 Å². The molecule has 1 spiro atoms. The molecule has 1 saturated carbocycles. The predicted molar refractivity (Wildman–Crippen MR) is 100 cm³/mol. The van der Waals surface area contributed by atoms with Crippen molar-refractivity contribution in [3.63, 3.8) is 0 Å². The van der Waals surface area contributed by atoms with Gasteiger partial charge < -0.3 is 9.64 Å². The number of aromatic nitrogens is 2. The Morgan fingerprint density at radius 3 is 2.68 bits per heavy atom. The van der Waals surface area contributed by atoms with Crippen LogP contribution in [0, 0.1) is 5.92 Å². The summed E-state index contributed by atoms with van der Waals surface area (Å²) in [5.41, 5.74) is 1.35. The maximum absolute atomic E-state index is 6.33. The standard InChI is InChI=1S/C20H23N3OS/c1-2-4-17-16(3-1)11-20(24-17)7-9-23(10-8-20)18-12-22-19(13-21-18)25-14-15-5-6-15/h1-4,12-13,15H,5-11,14H2. The minimum atomic E-state index is -0.00628. The molecule has 0 unspecified atom stereocenters. The second-order valence-corrected chi connectivity index (χ2v) is 8.56. The van der Waals surface area contributed by atoms with Crippen molar-refractivity contribution in [2.45, 2.75) is 42.7 Å². The van der Waals surface area contributed by atoms with Gasteiger partial charge in [0.05, 0.1) is 12.4 Å².